The summed E-state index contributed by atoms with van der Waals surface area (Å²) in [4.78, 5) is 0. The van der Waals surface area contributed by atoms with Crippen LogP contribution in [0, 0.1) is 19.7 Å². The van der Waals surface area contributed by atoms with Crippen molar-refractivity contribution in [2.75, 3.05) is 6.54 Å². The van der Waals surface area contributed by atoms with Crippen LogP contribution in [0.25, 0.3) is 0 Å². The molecule has 0 atom stereocenters. The van der Waals surface area contributed by atoms with Gasteiger partial charge < -0.3 is 10.5 Å². The monoisotopic (exact) mass is 259 g/mol. The Morgan fingerprint density at radius 2 is 1.89 bits per heavy atom. The zero-order valence-corrected chi connectivity index (χ0v) is 11.2. The highest BCUT2D eigenvalue weighted by Gasteiger charge is 2.06. The predicted molar refractivity (Wildman–Crippen MR) is 75.1 cm³/mol. The summed E-state index contributed by atoms with van der Waals surface area (Å²) in [6.45, 7) is 4.33. The van der Waals surface area contributed by atoms with Gasteiger partial charge in [0, 0.05) is 0 Å². The SMILES string of the molecule is Cc1ccc(Oc2ccc(F)c(C)c2)c(CCN)c1. The molecule has 3 heteroatoms. The number of ether oxygens (including phenoxy) is 1. The lowest BCUT2D eigenvalue weighted by Crippen LogP contribution is -2.04. The Bertz CT molecular complexity index is 581. The smallest absolute Gasteiger partial charge is 0.130 e. The van der Waals surface area contributed by atoms with Crippen LogP contribution < -0.4 is 10.5 Å². The van der Waals surface area contributed by atoms with E-state index < -0.39 is 0 Å². The first-order chi connectivity index (χ1) is 9.10. The van der Waals surface area contributed by atoms with E-state index in [0.717, 1.165) is 17.7 Å². The van der Waals surface area contributed by atoms with Crippen molar-refractivity contribution >= 4 is 0 Å². The Hall–Kier alpha value is -1.87. The molecule has 0 unspecified atom stereocenters. The van der Waals surface area contributed by atoms with E-state index in [4.69, 9.17) is 10.5 Å². The minimum absolute atomic E-state index is 0.224. The van der Waals surface area contributed by atoms with Gasteiger partial charge in [-0.2, -0.15) is 0 Å². The Labute approximate surface area is 113 Å². The van der Waals surface area contributed by atoms with Crippen molar-refractivity contribution in [2.24, 2.45) is 5.73 Å². The Morgan fingerprint density at radius 1 is 1.11 bits per heavy atom. The highest BCUT2D eigenvalue weighted by atomic mass is 19.1. The van der Waals surface area contributed by atoms with Crippen LogP contribution in [-0.4, -0.2) is 6.54 Å². The van der Waals surface area contributed by atoms with E-state index in [2.05, 4.69) is 6.07 Å². The summed E-state index contributed by atoms with van der Waals surface area (Å²) >= 11 is 0. The lowest BCUT2D eigenvalue weighted by atomic mass is 10.1. The van der Waals surface area contributed by atoms with E-state index in [1.807, 2.05) is 19.1 Å². The van der Waals surface area contributed by atoms with Crippen LogP contribution in [0.5, 0.6) is 11.5 Å². The van der Waals surface area contributed by atoms with Crippen molar-refractivity contribution in [2.45, 2.75) is 20.3 Å². The molecule has 0 heterocycles. The fraction of sp³-hybridized carbons (Fsp3) is 0.250. The number of hydrogen-bond acceptors (Lipinski definition) is 2. The summed E-state index contributed by atoms with van der Waals surface area (Å²) in [5.74, 6) is 1.20. The Kier molecular flexibility index (Phi) is 4.17. The highest BCUT2D eigenvalue weighted by Crippen LogP contribution is 2.27. The van der Waals surface area contributed by atoms with Gasteiger partial charge in [-0.15, -0.1) is 0 Å². The Balaban J connectivity index is 2.29. The molecule has 0 saturated carbocycles. The van der Waals surface area contributed by atoms with Gasteiger partial charge in [0.05, 0.1) is 0 Å². The molecule has 0 amide bonds. The maximum absolute atomic E-state index is 13.2. The van der Waals surface area contributed by atoms with Gasteiger partial charge in [-0.3, -0.25) is 0 Å². The fourth-order valence-corrected chi connectivity index (χ4v) is 1.97. The average Bonchev–Trinajstić information content (AvgIpc) is 2.37. The molecule has 0 aromatic heterocycles. The molecule has 2 aromatic carbocycles. The van der Waals surface area contributed by atoms with Gasteiger partial charge in [0.25, 0.3) is 0 Å². The third-order valence-corrected chi connectivity index (χ3v) is 2.99. The number of hydrogen-bond donors (Lipinski definition) is 1. The van der Waals surface area contributed by atoms with Crippen LogP contribution in [0.15, 0.2) is 36.4 Å². The van der Waals surface area contributed by atoms with Crippen LogP contribution in [-0.2, 0) is 6.42 Å². The van der Waals surface area contributed by atoms with Crippen molar-refractivity contribution < 1.29 is 9.13 Å². The molecule has 0 fully saturated rings. The summed E-state index contributed by atoms with van der Waals surface area (Å²) in [6.07, 6.45) is 0.761. The second-order valence-corrected chi connectivity index (χ2v) is 4.66. The molecule has 0 spiro atoms. The van der Waals surface area contributed by atoms with Gasteiger partial charge in [0.2, 0.25) is 0 Å². The molecule has 2 rings (SSSR count). The topological polar surface area (TPSA) is 35.2 Å². The van der Waals surface area contributed by atoms with E-state index in [1.165, 1.54) is 11.6 Å². The van der Waals surface area contributed by atoms with Crippen molar-refractivity contribution in [3.8, 4) is 11.5 Å². The quantitative estimate of drug-likeness (QED) is 0.907. The van der Waals surface area contributed by atoms with Gasteiger partial charge in [-0.05, 0) is 62.2 Å². The lowest BCUT2D eigenvalue weighted by molar-refractivity contribution is 0.473. The van der Waals surface area contributed by atoms with Gasteiger partial charge in [-0.25, -0.2) is 4.39 Å². The van der Waals surface area contributed by atoms with Crippen LogP contribution in [0.4, 0.5) is 4.39 Å². The minimum atomic E-state index is -0.224. The molecule has 0 aliphatic rings. The molecule has 2 N–H and O–H groups in total. The van der Waals surface area contributed by atoms with Gasteiger partial charge >= 0.3 is 0 Å². The third kappa shape index (κ3) is 3.32. The lowest BCUT2D eigenvalue weighted by Gasteiger charge is -2.12. The Morgan fingerprint density at radius 3 is 2.58 bits per heavy atom. The third-order valence-electron chi connectivity index (χ3n) is 2.99. The molecular formula is C16H18FNO. The van der Waals surface area contributed by atoms with Gasteiger partial charge in [0.15, 0.2) is 0 Å². The van der Waals surface area contributed by atoms with Crippen LogP contribution in [0.3, 0.4) is 0 Å². The van der Waals surface area contributed by atoms with E-state index in [0.29, 0.717) is 17.9 Å². The number of halogens is 1. The molecule has 100 valence electrons. The number of rotatable bonds is 4. The molecule has 0 bridgehead atoms. The standard InChI is InChI=1S/C16H18FNO/c1-11-3-6-16(13(9-11)7-8-18)19-14-4-5-15(17)12(2)10-14/h3-6,9-10H,7-8,18H2,1-2H3. The van der Waals surface area contributed by atoms with E-state index in [-0.39, 0.29) is 5.82 Å². The maximum atomic E-state index is 13.2. The molecule has 19 heavy (non-hydrogen) atoms. The maximum Gasteiger partial charge on any atom is 0.130 e. The summed E-state index contributed by atoms with van der Waals surface area (Å²) in [5, 5.41) is 0. The van der Waals surface area contributed by atoms with Crippen molar-refractivity contribution in [3.05, 3.63) is 58.9 Å². The summed E-state index contributed by atoms with van der Waals surface area (Å²) in [7, 11) is 0. The van der Waals surface area contributed by atoms with Gasteiger partial charge in [-0.1, -0.05) is 17.7 Å². The van der Waals surface area contributed by atoms with E-state index >= 15 is 0 Å². The van der Waals surface area contributed by atoms with Crippen molar-refractivity contribution in [1.29, 1.82) is 0 Å². The second-order valence-electron chi connectivity index (χ2n) is 4.66. The number of benzene rings is 2. The molecule has 0 aliphatic carbocycles. The van der Waals surface area contributed by atoms with E-state index in [1.54, 1.807) is 19.1 Å². The molecular weight excluding hydrogens is 241 g/mol. The summed E-state index contributed by atoms with van der Waals surface area (Å²) in [5.41, 5.74) is 8.43. The summed E-state index contributed by atoms with van der Waals surface area (Å²) < 4.78 is 19.0. The molecule has 2 nitrogen and oxygen atoms in total. The average molecular weight is 259 g/mol. The molecule has 0 aliphatic heterocycles. The molecule has 0 radical (unpaired) electrons. The number of nitrogens with two attached hydrogens (primary N) is 1. The van der Waals surface area contributed by atoms with Crippen LogP contribution >= 0.6 is 0 Å². The first-order valence-electron chi connectivity index (χ1n) is 6.34. The summed E-state index contributed by atoms with van der Waals surface area (Å²) in [6, 6.07) is 10.7. The van der Waals surface area contributed by atoms with Crippen molar-refractivity contribution in [3.63, 3.8) is 0 Å². The predicted octanol–water partition coefficient (Wildman–Crippen LogP) is 3.74. The van der Waals surface area contributed by atoms with E-state index in [9.17, 15) is 4.39 Å². The van der Waals surface area contributed by atoms with Crippen LogP contribution in [0.2, 0.25) is 0 Å². The normalized spacial score (nSPS) is 10.5. The second kappa shape index (κ2) is 5.85. The highest BCUT2D eigenvalue weighted by molar-refractivity contribution is 5.41. The largest absolute Gasteiger partial charge is 0.457 e. The van der Waals surface area contributed by atoms with Crippen molar-refractivity contribution in [1.82, 2.24) is 0 Å². The minimum Gasteiger partial charge on any atom is -0.457 e. The molecule has 2 aromatic rings. The zero-order chi connectivity index (χ0) is 13.8. The first-order valence-corrected chi connectivity index (χ1v) is 6.34. The zero-order valence-electron chi connectivity index (χ0n) is 11.2. The van der Waals surface area contributed by atoms with Gasteiger partial charge in [0.1, 0.15) is 17.3 Å². The van der Waals surface area contributed by atoms with Crippen LogP contribution in [0.1, 0.15) is 16.7 Å². The first kappa shape index (κ1) is 13.6. The molecule has 0 saturated heterocycles. The fourth-order valence-electron chi connectivity index (χ4n) is 1.97. The number of aryl methyl sites for hydroxylation is 2.